The number of pyridine rings is 1. The maximum atomic E-state index is 11.8. The van der Waals surface area contributed by atoms with Gasteiger partial charge >= 0.3 is 0 Å². The number of aromatic nitrogens is 3. The van der Waals surface area contributed by atoms with Crippen LogP contribution in [0.5, 0.6) is 0 Å². The molecule has 0 saturated carbocycles. The van der Waals surface area contributed by atoms with Gasteiger partial charge in [-0.15, -0.1) is 0 Å². The van der Waals surface area contributed by atoms with Crippen LogP contribution in [0.1, 0.15) is 10.5 Å². The fraction of sp³-hybridized carbons (Fsp3) is 0.100. The van der Waals surface area contributed by atoms with Crippen molar-refractivity contribution in [3.8, 4) is 0 Å². The minimum atomic E-state index is -0.214. The predicted molar refractivity (Wildman–Crippen MR) is 63.1 cm³/mol. The van der Waals surface area contributed by atoms with Gasteiger partial charge in [0.2, 0.25) is 0 Å². The van der Waals surface area contributed by atoms with Crippen LogP contribution in [0.15, 0.2) is 35.2 Å². The maximum absolute atomic E-state index is 11.8. The number of carbonyl (C=O) groups excluding carboxylic acids is 1. The molecule has 0 radical (unpaired) electrons. The summed E-state index contributed by atoms with van der Waals surface area (Å²) in [5.41, 5.74) is 1.13. The standard InChI is InChI=1S/C10H9BrN4O/c1-15-8(4-6-13-15)10(16)14-7-3-2-5-12-9(7)11/h2-6H,1H3,(H,14,16). The van der Waals surface area contributed by atoms with Gasteiger partial charge in [-0.2, -0.15) is 5.10 Å². The van der Waals surface area contributed by atoms with Gasteiger partial charge in [-0.3, -0.25) is 9.48 Å². The van der Waals surface area contributed by atoms with E-state index in [1.54, 1.807) is 37.6 Å². The number of rotatable bonds is 2. The Balaban J connectivity index is 2.21. The topological polar surface area (TPSA) is 59.8 Å². The molecule has 2 heterocycles. The Labute approximate surface area is 101 Å². The first-order valence-corrected chi connectivity index (χ1v) is 5.37. The van der Waals surface area contributed by atoms with E-state index < -0.39 is 0 Å². The lowest BCUT2D eigenvalue weighted by molar-refractivity contribution is 0.101. The largest absolute Gasteiger partial charge is 0.318 e. The molecule has 2 aromatic rings. The van der Waals surface area contributed by atoms with Crippen LogP contribution in [0.4, 0.5) is 5.69 Å². The van der Waals surface area contributed by atoms with Gasteiger partial charge in [0.25, 0.3) is 5.91 Å². The molecule has 1 amide bonds. The molecule has 0 aliphatic heterocycles. The molecule has 6 heteroatoms. The van der Waals surface area contributed by atoms with Gasteiger partial charge in [0.1, 0.15) is 10.3 Å². The van der Waals surface area contributed by atoms with Gasteiger partial charge in [0.15, 0.2) is 0 Å². The van der Waals surface area contributed by atoms with Crippen molar-refractivity contribution in [2.75, 3.05) is 5.32 Å². The van der Waals surface area contributed by atoms with Crippen LogP contribution in [0.2, 0.25) is 0 Å². The lowest BCUT2D eigenvalue weighted by Crippen LogP contribution is -2.16. The lowest BCUT2D eigenvalue weighted by atomic mass is 10.3. The van der Waals surface area contributed by atoms with Crippen LogP contribution >= 0.6 is 15.9 Å². The lowest BCUT2D eigenvalue weighted by Gasteiger charge is -2.06. The summed E-state index contributed by atoms with van der Waals surface area (Å²) >= 11 is 3.26. The van der Waals surface area contributed by atoms with Crippen LogP contribution in [0, 0.1) is 0 Å². The molecule has 0 saturated heterocycles. The minimum Gasteiger partial charge on any atom is -0.318 e. The zero-order valence-electron chi connectivity index (χ0n) is 8.51. The summed E-state index contributed by atoms with van der Waals surface area (Å²) in [5, 5.41) is 6.67. The van der Waals surface area contributed by atoms with E-state index in [0.29, 0.717) is 16.0 Å². The Hall–Kier alpha value is -1.69. The number of aryl methyl sites for hydroxylation is 1. The second kappa shape index (κ2) is 4.44. The first kappa shape index (κ1) is 10.8. The zero-order valence-corrected chi connectivity index (χ0v) is 10.1. The summed E-state index contributed by atoms with van der Waals surface area (Å²) in [6, 6.07) is 5.18. The molecule has 5 nitrogen and oxygen atoms in total. The highest BCUT2D eigenvalue weighted by atomic mass is 79.9. The highest BCUT2D eigenvalue weighted by Crippen LogP contribution is 2.18. The molecule has 0 aliphatic carbocycles. The number of carbonyl (C=O) groups is 1. The second-order valence-corrected chi connectivity index (χ2v) is 3.89. The second-order valence-electron chi connectivity index (χ2n) is 3.14. The average molecular weight is 281 g/mol. The molecular formula is C10H9BrN4O. The number of anilines is 1. The smallest absolute Gasteiger partial charge is 0.273 e. The summed E-state index contributed by atoms with van der Waals surface area (Å²) in [5.74, 6) is -0.214. The van der Waals surface area contributed by atoms with E-state index in [2.05, 4.69) is 31.3 Å². The maximum Gasteiger partial charge on any atom is 0.273 e. The van der Waals surface area contributed by atoms with E-state index >= 15 is 0 Å². The van der Waals surface area contributed by atoms with Crippen LogP contribution < -0.4 is 5.32 Å². The van der Waals surface area contributed by atoms with Crippen LogP contribution in [-0.2, 0) is 7.05 Å². The Morgan fingerprint density at radius 2 is 2.25 bits per heavy atom. The SMILES string of the molecule is Cn1nccc1C(=O)Nc1cccnc1Br. The summed E-state index contributed by atoms with van der Waals surface area (Å²) in [7, 11) is 1.72. The number of hydrogen-bond donors (Lipinski definition) is 1. The molecule has 82 valence electrons. The van der Waals surface area contributed by atoms with Crippen molar-refractivity contribution in [3.05, 3.63) is 40.9 Å². The zero-order chi connectivity index (χ0) is 11.5. The van der Waals surface area contributed by atoms with E-state index in [9.17, 15) is 4.79 Å². The third kappa shape index (κ3) is 2.11. The Bertz CT molecular complexity index is 523. The number of amides is 1. The molecule has 0 aliphatic rings. The highest BCUT2D eigenvalue weighted by Gasteiger charge is 2.11. The summed E-state index contributed by atoms with van der Waals surface area (Å²) in [6.07, 6.45) is 3.22. The van der Waals surface area contributed by atoms with E-state index in [1.807, 2.05) is 0 Å². The van der Waals surface area contributed by atoms with E-state index in [-0.39, 0.29) is 5.91 Å². The summed E-state index contributed by atoms with van der Waals surface area (Å²) < 4.78 is 2.12. The molecule has 0 aromatic carbocycles. The van der Waals surface area contributed by atoms with Gasteiger partial charge in [0.05, 0.1) is 5.69 Å². The third-order valence-electron chi connectivity index (χ3n) is 2.06. The normalized spacial score (nSPS) is 10.1. The van der Waals surface area contributed by atoms with Crippen LogP contribution in [0.25, 0.3) is 0 Å². The molecule has 2 aromatic heterocycles. The van der Waals surface area contributed by atoms with Crippen LogP contribution in [0.3, 0.4) is 0 Å². The molecule has 1 N–H and O–H groups in total. The average Bonchev–Trinajstić information content (AvgIpc) is 2.68. The molecular weight excluding hydrogens is 272 g/mol. The van der Waals surface area contributed by atoms with Crippen molar-refractivity contribution in [2.45, 2.75) is 0 Å². The molecule has 16 heavy (non-hydrogen) atoms. The fourth-order valence-electron chi connectivity index (χ4n) is 1.26. The van der Waals surface area contributed by atoms with Crippen molar-refractivity contribution in [3.63, 3.8) is 0 Å². The fourth-order valence-corrected chi connectivity index (χ4v) is 1.61. The van der Waals surface area contributed by atoms with E-state index in [1.165, 1.54) is 4.68 Å². The molecule has 0 atom stereocenters. The van der Waals surface area contributed by atoms with Gasteiger partial charge in [-0.25, -0.2) is 4.98 Å². The molecule has 0 bridgehead atoms. The van der Waals surface area contributed by atoms with Crippen molar-refractivity contribution in [2.24, 2.45) is 7.05 Å². The van der Waals surface area contributed by atoms with Crippen molar-refractivity contribution in [1.29, 1.82) is 0 Å². The summed E-state index contributed by atoms with van der Waals surface area (Å²) in [6.45, 7) is 0. The van der Waals surface area contributed by atoms with Gasteiger partial charge < -0.3 is 5.32 Å². The number of hydrogen-bond acceptors (Lipinski definition) is 3. The van der Waals surface area contributed by atoms with Gasteiger partial charge in [-0.05, 0) is 34.1 Å². The Kier molecular flexibility index (Phi) is 3.00. The van der Waals surface area contributed by atoms with Gasteiger partial charge in [-0.1, -0.05) is 0 Å². The minimum absolute atomic E-state index is 0.214. The predicted octanol–water partition coefficient (Wildman–Crippen LogP) is 1.83. The first-order chi connectivity index (χ1) is 7.68. The van der Waals surface area contributed by atoms with E-state index in [0.717, 1.165) is 0 Å². The number of nitrogens with one attached hydrogen (secondary N) is 1. The molecule has 2 rings (SSSR count). The highest BCUT2D eigenvalue weighted by molar-refractivity contribution is 9.10. The Morgan fingerprint density at radius 3 is 2.88 bits per heavy atom. The van der Waals surface area contributed by atoms with Gasteiger partial charge in [0, 0.05) is 19.4 Å². The molecule has 0 fully saturated rings. The third-order valence-corrected chi connectivity index (χ3v) is 2.69. The number of halogens is 1. The van der Waals surface area contributed by atoms with Crippen molar-refractivity contribution >= 4 is 27.5 Å². The quantitative estimate of drug-likeness (QED) is 0.854. The summed E-state index contributed by atoms with van der Waals surface area (Å²) in [4.78, 5) is 15.8. The molecule has 0 unspecified atom stereocenters. The molecule has 0 spiro atoms. The van der Waals surface area contributed by atoms with Crippen LogP contribution in [-0.4, -0.2) is 20.7 Å². The van der Waals surface area contributed by atoms with Crippen molar-refractivity contribution in [1.82, 2.24) is 14.8 Å². The first-order valence-electron chi connectivity index (χ1n) is 4.58. The Morgan fingerprint density at radius 1 is 1.44 bits per heavy atom. The monoisotopic (exact) mass is 280 g/mol. The number of nitrogens with zero attached hydrogens (tertiary/aromatic N) is 3. The van der Waals surface area contributed by atoms with E-state index in [4.69, 9.17) is 0 Å². The van der Waals surface area contributed by atoms with Crippen molar-refractivity contribution < 1.29 is 4.79 Å².